The van der Waals surface area contributed by atoms with Gasteiger partial charge in [-0.05, 0) is 38.0 Å². The summed E-state index contributed by atoms with van der Waals surface area (Å²) >= 11 is 0. The van der Waals surface area contributed by atoms with E-state index in [0.717, 1.165) is 44.6 Å². The molecule has 0 unspecified atom stereocenters. The molecule has 0 atom stereocenters. The zero-order chi connectivity index (χ0) is 10.4. The molecule has 1 aliphatic rings. The van der Waals surface area contributed by atoms with Crippen molar-refractivity contribution in [2.45, 2.75) is 32.1 Å². The number of carbonyl (C=O) groups is 1. The first-order chi connectivity index (χ1) is 6.77. The fourth-order valence-electron chi connectivity index (χ4n) is 2.14. The average molecular weight is 200 g/mol. The van der Waals surface area contributed by atoms with E-state index < -0.39 is 0 Å². The van der Waals surface area contributed by atoms with Crippen LogP contribution in [0.4, 0.5) is 0 Å². The summed E-state index contributed by atoms with van der Waals surface area (Å²) in [5.74, 6) is 0.866. The van der Waals surface area contributed by atoms with Crippen molar-refractivity contribution in [3.05, 3.63) is 0 Å². The molecule has 14 heavy (non-hydrogen) atoms. The summed E-state index contributed by atoms with van der Waals surface area (Å²) in [6.45, 7) is 0.841. The second kappa shape index (κ2) is 6.02. The first-order valence-electron chi connectivity index (χ1n) is 5.34. The van der Waals surface area contributed by atoms with Gasteiger partial charge >= 0.3 is 5.97 Å². The van der Waals surface area contributed by atoms with Crippen molar-refractivity contribution in [1.29, 1.82) is 0 Å². The van der Waals surface area contributed by atoms with E-state index in [0.29, 0.717) is 0 Å². The van der Waals surface area contributed by atoms with E-state index >= 15 is 0 Å². The molecular formula is C11H20O3. The summed E-state index contributed by atoms with van der Waals surface area (Å²) in [5.41, 5.74) is 0. The molecule has 0 aromatic heterocycles. The molecule has 3 heteroatoms. The molecule has 0 N–H and O–H groups in total. The van der Waals surface area contributed by atoms with Crippen LogP contribution in [0.3, 0.4) is 0 Å². The third kappa shape index (κ3) is 3.29. The van der Waals surface area contributed by atoms with Crippen LogP contribution in [-0.2, 0) is 14.3 Å². The van der Waals surface area contributed by atoms with E-state index in [1.807, 2.05) is 0 Å². The highest BCUT2D eigenvalue weighted by molar-refractivity contribution is 5.72. The van der Waals surface area contributed by atoms with Gasteiger partial charge in [0.1, 0.15) is 0 Å². The van der Waals surface area contributed by atoms with E-state index in [9.17, 15) is 4.79 Å². The van der Waals surface area contributed by atoms with Crippen molar-refractivity contribution >= 4 is 5.97 Å². The zero-order valence-electron chi connectivity index (χ0n) is 9.12. The highest BCUT2D eigenvalue weighted by Gasteiger charge is 2.26. The lowest BCUT2D eigenvalue weighted by molar-refractivity contribution is -0.146. The number of hydrogen-bond donors (Lipinski definition) is 0. The molecule has 0 spiro atoms. The van der Waals surface area contributed by atoms with Gasteiger partial charge in [0.2, 0.25) is 0 Å². The second-order valence-electron chi connectivity index (χ2n) is 4.02. The van der Waals surface area contributed by atoms with Gasteiger partial charge in [-0.1, -0.05) is 0 Å². The fraction of sp³-hybridized carbons (Fsp3) is 0.909. The molecule has 0 heterocycles. The normalized spacial score (nSPS) is 27.3. The van der Waals surface area contributed by atoms with Crippen LogP contribution >= 0.6 is 0 Å². The van der Waals surface area contributed by atoms with Gasteiger partial charge in [-0.2, -0.15) is 0 Å². The topological polar surface area (TPSA) is 35.5 Å². The van der Waals surface area contributed by atoms with Crippen LogP contribution in [-0.4, -0.2) is 26.8 Å². The summed E-state index contributed by atoms with van der Waals surface area (Å²) in [5, 5.41) is 0. The lowest BCUT2D eigenvalue weighted by atomic mass is 9.81. The predicted molar refractivity (Wildman–Crippen MR) is 54.0 cm³/mol. The van der Waals surface area contributed by atoms with Crippen LogP contribution in [0.2, 0.25) is 0 Å². The third-order valence-corrected chi connectivity index (χ3v) is 3.11. The highest BCUT2D eigenvalue weighted by Crippen LogP contribution is 2.31. The van der Waals surface area contributed by atoms with E-state index in [1.54, 1.807) is 7.11 Å². The molecule has 0 aromatic rings. The molecule has 1 aliphatic carbocycles. The Balaban J connectivity index is 2.20. The molecular weight excluding hydrogens is 180 g/mol. The van der Waals surface area contributed by atoms with E-state index in [1.165, 1.54) is 7.11 Å². The predicted octanol–water partition coefficient (Wildman–Crippen LogP) is 2.00. The Morgan fingerprint density at radius 2 is 1.86 bits per heavy atom. The number of methoxy groups -OCH3 is 2. The SMILES string of the molecule is COCCC1CCC(C(=O)OC)CC1. The van der Waals surface area contributed by atoms with Gasteiger partial charge in [-0.3, -0.25) is 4.79 Å². The summed E-state index contributed by atoms with van der Waals surface area (Å²) < 4.78 is 9.79. The molecule has 0 saturated heterocycles. The number of ether oxygens (including phenoxy) is 2. The van der Waals surface area contributed by atoms with E-state index in [2.05, 4.69) is 0 Å². The van der Waals surface area contributed by atoms with Crippen LogP contribution in [0.1, 0.15) is 32.1 Å². The van der Waals surface area contributed by atoms with Crippen LogP contribution < -0.4 is 0 Å². The van der Waals surface area contributed by atoms with Crippen molar-refractivity contribution in [2.75, 3.05) is 20.8 Å². The minimum atomic E-state index is -0.0322. The highest BCUT2D eigenvalue weighted by atomic mass is 16.5. The number of esters is 1. The molecule has 0 aromatic carbocycles. The van der Waals surface area contributed by atoms with Crippen LogP contribution in [0, 0.1) is 11.8 Å². The summed E-state index contributed by atoms with van der Waals surface area (Å²) in [6.07, 6.45) is 5.39. The summed E-state index contributed by atoms with van der Waals surface area (Å²) in [4.78, 5) is 11.2. The zero-order valence-corrected chi connectivity index (χ0v) is 9.12. The molecule has 1 fully saturated rings. The quantitative estimate of drug-likeness (QED) is 0.651. The lowest BCUT2D eigenvalue weighted by Crippen LogP contribution is -2.23. The maximum Gasteiger partial charge on any atom is 0.308 e. The standard InChI is InChI=1S/C11H20O3/c1-13-8-7-9-3-5-10(6-4-9)11(12)14-2/h9-10H,3-8H2,1-2H3. The molecule has 3 nitrogen and oxygen atoms in total. The number of carbonyl (C=O) groups excluding carboxylic acids is 1. The average Bonchev–Trinajstić information content (AvgIpc) is 2.26. The second-order valence-corrected chi connectivity index (χ2v) is 4.02. The summed E-state index contributed by atoms with van der Waals surface area (Å²) in [7, 11) is 3.21. The van der Waals surface area contributed by atoms with Gasteiger partial charge in [0, 0.05) is 13.7 Å². The molecule has 1 saturated carbocycles. The van der Waals surface area contributed by atoms with Gasteiger partial charge in [0.05, 0.1) is 13.0 Å². The van der Waals surface area contributed by atoms with Crippen LogP contribution in [0.5, 0.6) is 0 Å². The molecule has 0 amide bonds. The fourth-order valence-corrected chi connectivity index (χ4v) is 2.14. The van der Waals surface area contributed by atoms with E-state index in [-0.39, 0.29) is 11.9 Å². The van der Waals surface area contributed by atoms with Crippen LogP contribution in [0.15, 0.2) is 0 Å². The van der Waals surface area contributed by atoms with Crippen molar-refractivity contribution in [1.82, 2.24) is 0 Å². The van der Waals surface area contributed by atoms with Crippen molar-refractivity contribution in [2.24, 2.45) is 11.8 Å². The molecule has 0 bridgehead atoms. The Hall–Kier alpha value is -0.570. The van der Waals surface area contributed by atoms with Crippen molar-refractivity contribution < 1.29 is 14.3 Å². The third-order valence-electron chi connectivity index (χ3n) is 3.11. The number of hydrogen-bond acceptors (Lipinski definition) is 3. The Morgan fingerprint density at radius 1 is 1.21 bits per heavy atom. The van der Waals surface area contributed by atoms with Gasteiger partial charge in [0.25, 0.3) is 0 Å². The van der Waals surface area contributed by atoms with Crippen LogP contribution in [0.25, 0.3) is 0 Å². The molecule has 82 valence electrons. The number of rotatable bonds is 4. The Bertz CT molecular complexity index is 171. The molecule has 0 radical (unpaired) electrons. The molecule has 0 aliphatic heterocycles. The Labute approximate surface area is 85.8 Å². The molecule has 1 rings (SSSR count). The largest absolute Gasteiger partial charge is 0.469 e. The summed E-state index contributed by atoms with van der Waals surface area (Å²) in [6, 6.07) is 0. The van der Waals surface area contributed by atoms with Gasteiger partial charge in [0.15, 0.2) is 0 Å². The maximum absolute atomic E-state index is 11.2. The van der Waals surface area contributed by atoms with Gasteiger partial charge in [-0.15, -0.1) is 0 Å². The van der Waals surface area contributed by atoms with E-state index in [4.69, 9.17) is 9.47 Å². The minimum Gasteiger partial charge on any atom is -0.469 e. The van der Waals surface area contributed by atoms with Crippen molar-refractivity contribution in [3.8, 4) is 0 Å². The first kappa shape index (κ1) is 11.5. The van der Waals surface area contributed by atoms with Gasteiger partial charge in [-0.25, -0.2) is 0 Å². The van der Waals surface area contributed by atoms with Crippen molar-refractivity contribution in [3.63, 3.8) is 0 Å². The first-order valence-corrected chi connectivity index (χ1v) is 5.34. The lowest BCUT2D eigenvalue weighted by Gasteiger charge is -2.26. The minimum absolute atomic E-state index is 0.0322. The maximum atomic E-state index is 11.2. The Kier molecular flexibility index (Phi) is 4.94. The smallest absolute Gasteiger partial charge is 0.308 e. The van der Waals surface area contributed by atoms with Gasteiger partial charge < -0.3 is 9.47 Å². The Morgan fingerprint density at radius 3 is 2.36 bits per heavy atom. The monoisotopic (exact) mass is 200 g/mol.